The zero-order chi connectivity index (χ0) is 14.0. The molecule has 0 radical (unpaired) electrons. The van der Waals surface area contributed by atoms with Crippen LogP contribution in [0, 0.1) is 0 Å². The summed E-state index contributed by atoms with van der Waals surface area (Å²) in [7, 11) is 1.66. The lowest BCUT2D eigenvalue weighted by molar-refractivity contribution is -0.142. The Balaban J connectivity index is 2.32. The Bertz CT molecular complexity index is 663. The molecule has 0 fully saturated rings. The number of aromatic nitrogens is 2. The van der Waals surface area contributed by atoms with E-state index in [1.54, 1.807) is 27.0 Å². The first-order valence-corrected chi connectivity index (χ1v) is 7.58. The molecule has 2 aromatic heterocycles. The van der Waals surface area contributed by atoms with Gasteiger partial charge in [0.25, 0.3) is 5.56 Å². The van der Waals surface area contributed by atoms with Gasteiger partial charge in [-0.1, -0.05) is 11.8 Å². The van der Waals surface area contributed by atoms with Crippen LogP contribution >= 0.6 is 23.1 Å². The van der Waals surface area contributed by atoms with Crippen molar-refractivity contribution in [1.82, 2.24) is 9.55 Å². The maximum atomic E-state index is 12.1. The van der Waals surface area contributed by atoms with Crippen LogP contribution in [0.1, 0.15) is 13.8 Å². The molecule has 0 aliphatic heterocycles. The number of ether oxygens (including phenoxy) is 1. The third kappa shape index (κ3) is 2.82. The highest BCUT2D eigenvalue weighted by Gasteiger charge is 2.19. The van der Waals surface area contributed by atoms with Crippen molar-refractivity contribution < 1.29 is 9.53 Å². The molecule has 1 unspecified atom stereocenters. The van der Waals surface area contributed by atoms with Gasteiger partial charge in [-0.2, -0.15) is 0 Å². The fourth-order valence-corrected chi connectivity index (χ4v) is 3.22. The molecule has 0 spiro atoms. The summed E-state index contributed by atoms with van der Waals surface area (Å²) in [5, 5.41) is 1.97. The normalized spacial score (nSPS) is 12.6. The summed E-state index contributed by atoms with van der Waals surface area (Å²) in [6.45, 7) is 3.85. The second kappa shape index (κ2) is 5.75. The summed E-state index contributed by atoms with van der Waals surface area (Å²) in [5.74, 6) is -0.299. The first-order valence-electron chi connectivity index (χ1n) is 5.82. The van der Waals surface area contributed by atoms with E-state index in [4.69, 9.17) is 4.74 Å². The molecule has 2 aromatic rings. The van der Waals surface area contributed by atoms with Crippen LogP contribution in [0.4, 0.5) is 0 Å². The highest BCUT2D eigenvalue weighted by Crippen LogP contribution is 2.24. The summed E-state index contributed by atoms with van der Waals surface area (Å²) < 4.78 is 7.05. The van der Waals surface area contributed by atoms with E-state index in [1.165, 1.54) is 27.7 Å². The van der Waals surface area contributed by atoms with Gasteiger partial charge in [-0.05, 0) is 25.3 Å². The molecule has 5 nitrogen and oxygen atoms in total. The van der Waals surface area contributed by atoms with E-state index >= 15 is 0 Å². The van der Waals surface area contributed by atoms with Crippen molar-refractivity contribution in [3.8, 4) is 0 Å². The van der Waals surface area contributed by atoms with E-state index < -0.39 is 5.25 Å². The average molecular weight is 298 g/mol. The number of nitrogens with zero attached hydrogens (tertiary/aromatic N) is 2. The van der Waals surface area contributed by atoms with Crippen molar-refractivity contribution in [3.63, 3.8) is 0 Å². The Hall–Kier alpha value is -1.34. The number of carbonyl (C=O) groups is 1. The molecule has 0 aliphatic rings. The first kappa shape index (κ1) is 14.1. The molecule has 102 valence electrons. The molecular weight excluding hydrogens is 284 g/mol. The van der Waals surface area contributed by atoms with Gasteiger partial charge < -0.3 is 4.74 Å². The quantitative estimate of drug-likeness (QED) is 0.491. The summed E-state index contributed by atoms with van der Waals surface area (Å²) in [5.41, 5.74) is 0.588. The van der Waals surface area contributed by atoms with Crippen molar-refractivity contribution in [2.24, 2.45) is 7.05 Å². The molecule has 7 heteroatoms. The Kier molecular flexibility index (Phi) is 4.26. The van der Waals surface area contributed by atoms with Crippen molar-refractivity contribution in [2.45, 2.75) is 24.3 Å². The fraction of sp³-hybridized carbons (Fsp3) is 0.417. The third-order valence-corrected chi connectivity index (χ3v) is 4.56. The molecular formula is C12H14N2O3S2. The molecule has 0 aliphatic carbocycles. The van der Waals surface area contributed by atoms with Gasteiger partial charge in [-0.25, -0.2) is 4.98 Å². The van der Waals surface area contributed by atoms with Crippen molar-refractivity contribution in [1.29, 1.82) is 0 Å². The van der Waals surface area contributed by atoms with Crippen molar-refractivity contribution in [3.05, 3.63) is 21.8 Å². The molecule has 0 amide bonds. The number of esters is 1. The third-order valence-electron chi connectivity index (χ3n) is 2.55. The molecule has 2 heterocycles. The standard InChI is InChI=1S/C12H14N2O3S2/c1-4-17-11(16)7(2)19-12-13-8-5-6-18-9(8)10(15)14(12)3/h5-7H,4H2,1-3H3. The largest absolute Gasteiger partial charge is 0.465 e. The number of thiophene rings is 1. The Morgan fingerprint density at radius 3 is 3.05 bits per heavy atom. The molecule has 0 bridgehead atoms. The van der Waals surface area contributed by atoms with E-state index in [9.17, 15) is 9.59 Å². The number of carbonyl (C=O) groups excluding carboxylic acids is 1. The SMILES string of the molecule is CCOC(=O)C(C)Sc1nc2ccsc2c(=O)n1C. The zero-order valence-electron chi connectivity index (χ0n) is 10.9. The average Bonchev–Trinajstić information content (AvgIpc) is 2.84. The Morgan fingerprint density at radius 2 is 2.37 bits per heavy atom. The van der Waals surface area contributed by atoms with E-state index in [0.717, 1.165) is 0 Å². The number of hydrogen-bond donors (Lipinski definition) is 0. The van der Waals surface area contributed by atoms with Gasteiger partial charge in [0, 0.05) is 7.05 Å². The van der Waals surface area contributed by atoms with Gasteiger partial charge in [0.05, 0.1) is 12.1 Å². The van der Waals surface area contributed by atoms with Gasteiger partial charge in [0.15, 0.2) is 5.16 Å². The smallest absolute Gasteiger partial charge is 0.319 e. The van der Waals surface area contributed by atoms with Crippen LogP contribution in [-0.4, -0.2) is 27.4 Å². The minimum atomic E-state index is -0.394. The molecule has 19 heavy (non-hydrogen) atoms. The zero-order valence-corrected chi connectivity index (χ0v) is 12.5. The maximum absolute atomic E-state index is 12.1. The van der Waals surface area contributed by atoms with E-state index in [1.807, 2.05) is 5.38 Å². The number of thioether (sulfide) groups is 1. The Morgan fingerprint density at radius 1 is 1.63 bits per heavy atom. The van der Waals surface area contributed by atoms with Crippen LogP contribution in [0.15, 0.2) is 21.4 Å². The van der Waals surface area contributed by atoms with Gasteiger partial charge in [-0.15, -0.1) is 11.3 Å². The minimum absolute atomic E-state index is 0.0847. The van der Waals surface area contributed by atoms with Gasteiger partial charge in [-0.3, -0.25) is 14.2 Å². The van der Waals surface area contributed by atoms with Crippen molar-refractivity contribution in [2.75, 3.05) is 6.61 Å². The molecule has 0 saturated heterocycles. The van der Waals surface area contributed by atoms with E-state index in [-0.39, 0.29) is 11.5 Å². The lowest BCUT2D eigenvalue weighted by Crippen LogP contribution is -2.22. The molecule has 2 rings (SSSR count). The molecule has 0 saturated carbocycles. The lowest BCUT2D eigenvalue weighted by atomic mass is 10.5. The minimum Gasteiger partial charge on any atom is -0.465 e. The fourth-order valence-electron chi connectivity index (χ4n) is 1.54. The summed E-state index contributed by atoms with van der Waals surface area (Å²) in [6, 6.07) is 1.81. The van der Waals surface area contributed by atoms with E-state index in [2.05, 4.69) is 4.98 Å². The van der Waals surface area contributed by atoms with Crippen LogP contribution in [0.5, 0.6) is 0 Å². The Labute approximate surface area is 118 Å². The van der Waals surface area contributed by atoms with Gasteiger partial charge in [0.2, 0.25) is 0 Å². The summed E-state index contributed by atoms with van der Waals surface area (Å²) >= 11 is 2.61. The van der Waals surface area contributed by atoms with Crippen molar-refractivity contribution >= 4 is 39.3 Å². The summed E-state index contributed by atoms with van der Waals surface area (Å²) in [4.78, 5) is 28.1. The second-order valence-corrected chi connectivity index (χ2v) is 6.13. The predicted octanol–water partition coefficient (Wildman–Crippen LogP) is 2.04. The lowest BCUT2D eigenvalue weighted by Gasteiger charge is -2.11. The number of hydrogen-bond acceptors (Lipinski definition) is 6. The monoisotopic (exact) mass is 298 g/mol. The van der Waals surface area contributed by atoms with Crippen LogP contribution in [0.25, 0.3) is 10.2 Å². The second-order valence-electron chi connectivity index (χ2n) is 3.91. The number of rotatable bonds is 4. The van der Waals surface area contributed by atoms with Gasteiger partial charge >= 0.3 is 5.97 Å². The molecule has 1 atom stereocenters. The number of fused-ring (bicyclic) bond motifs is 1. The van der Waals surface area contributed by atoms with E-state index in [0.29, 0.717) is 22.0 Å². The summed E-state index contributed by atoms with van der Waals surface area (Å²) in [6.07, 6.45) is 0. The maximum Gasteiger partial charge on any atom is 0.319 e. The highest BCUT2D eigenvalue weighted by molar-refractivity contribution is 8.00. The van der Waals surface area contributed by atoms with Gasteiger partial charge in [0.1, 0.15) is 9.95 Å². The van der Waals surface area contributed by atoms with Crippen LogP contribution in [-0.2, 0) is 16.6 Å². The topological polar surface area (TPSA) is 61.2 Å². The predicted molar refractivity (Wildman–Crippen MR) is 76.8 cm³/mol. The molecule has 0 N–H and O–H groups in total. The first-order chi connectivity index (χ1) is 9.04. The highest BCUT2D eigenvalue weighted by atomic mass is 32.2. The van der Waals surface area contributed by atoms with Crippen LogP contribution in [0.2, 0.25) is 0 Å². The van der Waals surface area contributed by atoms with Crippen LogP contribution in [0.3, 0.4) is 0 Å². The molecule has 0 aromatic carbocycles. The van der Waals surface area contributed by atoms with Crippen LogP contribution < -0.4 is 5.56 Å².